The SMILES string of the molecule is COc1ccc(Cl)cc1NC(=O)COC(=O)[C@@H]1[C@@H]2C[C@@H]3[C@@H]1C(=O)O[C@@H]3C2. The average Bonchev–Trinajstić information content (AvgIpc) is 3.22. The van der Waals surface area contributed by atoms with Gasteiger partial charge in [-0.25, -0.2) is 0 Å². The second-order valence-electron chi connectivity index (χ2n) is 6.92. The number of carbonyl (C=O) groups excluding carboxylic acids is 3. The number of carbonyl (C=O) groups is 3. The molecule has 138 valence electrons. The summed E-state index contributed by atoms with van der Waals surface area (Å²) >= 11 is 5.92. The highest BCUT2D eigenvalue weighted by atomic mass is 35.5. The third-order valence-electron chi connectivity index (χ3n) is 5.54. The highest BCUT2D eigenvalue weighted by Crippen LogP contribution is 2.57. The van der Waals surface area contributed by atoms with Gasteiger partial charge in [0, 0.05) is 10.9 Å². The van der Waals surface area contributed by atoms with Crippen molar-refractivity contribution in [3.8, 4) is 5.75 Å². The lowest BCUT2D eigenvalue weighted by Gasteiger charge is -2.22. The zero-order valence-corrected chi connectivity index (χ0v) is 14.8. The Labute approximate surface area is 154 Å². The molecule has 0 aromatic heterocycles. The van der Waals surface area contributed by atoms with Gasteiger partial charge in [0.05, 0.1) is 24.6 Å². The summed E-state index contributed by atoms with van der Waals surface area (Å²) in [5, 5.41) is 3.05. The van der Waals surface area contributed by atoms with Crippen molar-refractivity contribution in [2.24, 2.45) is 23.7 Å². The monoisotopic (exact) mass is 379 g/mol. The van der Waals surface area contributed by atoms with E-state index in [0.717, 1.165) is 6.42 Å². The predicted octanol–water partition coefficient (Wildman–Crippen LogP) is 2.03. The van der Waals surface area contributed by atoms with E-state index in [1.807, 2.05) is 0 Å². The van der Waals surface area contributed by atoms with Crippen molar-refractivity contribution in [3.05, 3.63) is 23.2 Å². The third kappa shape index (κ3) is 2.80. The molecule has 2 aliphatic carbocycles. The summed E-state index contributed by atoms with van der Waals surface area (Å²) in [4.78, 5) is 36.5. The maximum absolute atomic E-state index is 12.4. The zero-order chi connectivity index (χ0) is 18.4. The summed E-state index contributed by atoms with van der Waals surface area (Å²) in [5.41, 5.74) is 0.392. The lowest BCUT2D eigenvalue weighted by atomic mass is 9.80. The molecule has 0 spiro atoms. The zero-order valence-electron chi connectivity index (χ0n) is 14.1. The Morgan fingerprint density at radius 1 is 1.35 bits per heavy atom. The Balaban J connectivity index is 1.36. The molecule has 3 fully saturated rings. The lowest BCUT2D eigenvalue weighted by molar-refractivity contribution is -0.157. The first kappa shape index (κ1) is 17.1. The Bertz CT molecular complexity index is 779. The molecule has 7 nitrogen and oxygen atoms in total. The van der Waals surface area contributed by atoms with Gasteiger partial charge in [-0.15, -0.1) is 0 Å². The van der Waals surface area contributed by atoms with Crippen molar-refractivity contribution in [1.29, 1.82) is 0 Å². The van der Waals surface area contributed by atoms with Crippen molar-refractivity contribution in [2.75, 3.05) is 19.0 Å². The fourth-order valence-corrected chi connectivity index (χ4v) is 4.69. The minimum Gasteiger partial charge on any atom is -0.495 e. The van der Waals surface area contributed by atoms with Gasteiger partial charge in [0.2, 0.25) is 0 Å². The number of fused-ring (bicyclic) bond motifs is 1. The molecule has 1 N–H and O–H groups in total. The smallest absolute Gasteiger partial charge is 0.310 e. The number of methoxy groups -OCH3 is 1. The van der Waals surface area contributed by atoms with Gasteiger partial charge >= 0.3 is 11.9 Å². The molecule has 1 aromatic rings. The van der Waals surface area contributed by atoms with Crippen LogP contribution >= 0.6 is 11.6 Å². The molecular weight excluding hydrogens is 362 g/mol. The van der Waals surface area contributed by atoms with E-state index in [0.29, 0.717) is 22.9 Å². The number of hydrogen-bond donors (Lipinski definition) is 1. The van der Waals surface area contributed by atoms with Gasteiger partial charge in [-0.05, 0) is 37.0 Å². The molecule has 4 rings (SSSR count). The fourth-order valence-electron chi connectivity index (χ4n) is 4.52. The molecule has 0 unspecified atom stereocenters. The van der Waals surface area contributed by atoms with E-state index in [1.165, 1.54) is 7.11 Å². The summed E-state index contributed by atoms with van der Waals surface area (Å²) in [6, 6.07) is 4.81. The van der Waals surface area contributed by atoms with E-state index >= 15 is 0 Å². The highest BCUT2D eigenvalue weighted by molar-refractivity contribution is 6.31. The molecule has 1 amide bonds. The van der Waals surface area contributed by atoms with Gasteiger partial charge in [-0.1, -0.05) is 11.6 Å². The number of anilines is 1. The first-order chi connectivity index (χ1) is 12.5. The van der Waals surface area contributed by atoms with Crippen LogP contribution in [0.5, 0.6) is 5.75 Å². The van der Waals surface area contributed by atoms with Gasteiger partial charge in [0.1, 0.15) is 11.9 Å². The number of benzene rings is 1. The predicted molar refractivity (Wildman–Crippen MR) is 90.7 cm³/mol. The van der Waals surface area contributed by atoms with Crippen LogP contribution in [0.3, 0.4) is 0 Å². The Morgan fingerprint density at radius 3 is 2.92 bits per heavy atom. The lowest BCUT2D eigenvalue weighted by Crippen LogP contribution is -2.35. The number of amides is 1. The number of ether oxygens (including phenoxy) is 3. The number of nitrogens with one attached hydrogen (secondary N) is 1. The minimum atomic E-state index is -0.506. The van der Waals surface area contributed by atoms with E-state index in [-0.39, 0.29) is 23.9 Å². The van der Waals surface area contributed by atoms with Crippen LogP contribution in [-0.2, 0) is 23.9 Å². The quantitative estimate of drug-likeness (QED) is 0.787. The summed E-state index contributed by atoms with van der Waals surface area (Å²) in [6.07, 6.45) is 1.48. The minimum absolute atomic E-state index is 0.0415. The van der Waals surface area contributed by atoms with Crippen LogP contribution in [-0.4, -0.2) is 37.7 Å². The second kappa shape index (κ2) is 6.46. The molecule has 26 heavy (non-hydrogen) atoms. The van der Waals surface area contributed by atoms with Crippen molar-refractivity contribution in [3.63, 3.8) is 0 Å². The van der Waals surface area contributed by atoms with Gasteiger partial charge in [-0.2, -0.15) is 0 Å². The van der Waals surface area contributed by atoms with Gasteiger partial charge in [0.15, 0.2) is 6.61 Å². The number of rotatable bonds is 5. The Hall–Kier alpha value is -2.28. The first-order valence-electron chi connectivity index (χ1n) is 8.48. The van der Waals surface area contributed by atoms with Gasteiger partial charge in [0.25, 0.3) is 5.91 Å². The Morgan fingerprint density at radius 2 is 2.15 bits per heavy atom. The van der Waals surface area contributed by atoms with Crippen LogP contribution in [0.15, 0.2) is 18.2 Å². The van der Waals surface area contributed by atoms with Crippen LogP contribution in [0, 0.1) is 23.7 Å². The molecule has 8 heteroatoms. The van der Waals surface area contributed by atoms with E-state index in [1.54, 1.807) is 18.2 Å². The fraction of sp³-hybridized carbons (Fsp3) is 0.500. The van der Waals surface area contributed by atoms with Crippen LogP contribution < -0.4 is 10.1 Å². The van der Waals surface area contributed by atoms with Crippen LogP contribution in [0.2, 0.25) is 5.02 Å². The van der Waals surface area contributed by atoms with Crippen molar-refractivity contribution < 1.29 is 28.6 Å². The van der Waals surface area contributed by atoms with E-state index in [2.05, 4.69) is 5.32 Å². The molecule has 1 heterocycles. The molecule has 2 bridgehead atoms. The number of halogens is 1. The highest BCUT2D eigenvalue weighted by Gasteiger charge is 2.64. The third-order valence-corrected chi connectivity index (χ3v) is 5.77. The molecule has 2 saturated carbocycles. The van der Waals surface area contributed by atoms with E-state index in [4.69, 9.17) is 25.8 Å². The summed E-state index contributed by atoms with van der Waals surface area (Å²) < 4.78 is 15.6. The van der Waals surface area contributed by atoms with E-state index in [9.17, 15) is 14.4 Å². The molecule has 1 aliphatic heterocycles. The van der Waals surface area contributed by atoms with Crippen LogP contribution in [0.1, 0.15) is 12.8 Å². The summed E-state index contributed by atoms with van der Waals surface area (Å²) in [7, 11) is 1.47. The normalized spacial score (nSPS) is 30.8. The number of esters is 2. The molecular formula is C18H18ClNO6. The van der Waals surface area contributed by atoms with Crippen LogP contribution in [0.4, 0.5) is 5.69 Å². The summed E-state index contributed by atoms with van der Waals surface area (Å²) in [6.45, 7) is -0.437. The molecule has 1 saturated heterocycles. The van der Waals surface area contributed by atoms with E-state index < -0.39 is 30.3 Å². The van der Waals surface area contributed by atoms with Gasteiger partial charge < -0.3 is 19.5 Å². The van der Waals surface area contributed by atoms with Crippen LogP contribution in [0.25, 0.3) is 0 Å². The topological polar surface area (TPSA) is 90.9 Å². The molecule has 3 aliphatic rings. The maximum atomic E-state index is 12.4. The molecule has 1 aromatic carbocycles. The standard InChI is InChI=1S/C18H18ClNO6/c1-24-12-3-2-9(19)6-11(12)20-14(21)7-25-17(22)15-8-4-10-13(5-8)26-18(23)16(10)15/h2-3,6,8,10,13,15-16H,4-5,7H2,1H3,(H,20,21)/t8-,10+,13-,15-,16+/m1/s1. The van der Waals surface area contributed by atoms with Crippen molar-refractivity contribution >= 4 is 35.1 Å². The van der Waals surface area contributed by atoms with Crippen molar-refractivity contribution in [2.45, 2.75) is 18.9 Å². The maximum Gasteiger partial charge on any atom is 0.310 e. The van der Waals surface area contributed by atoms with Crippen molar-refractivity contribution in [1.82, 2.24) is 0 Å². The second-order valence-corrected chi connectivity index (χ2v) is 7.36. The molecule has 0 radical (unpaired) electrons. The largest absolute Gasteiger partial charge is 0.495 e. The van der Waals surface area contributed by atoms with Gasteiger partial charge in [-0.3, -0.25) is 14.4 Å². The average molecular weight is 380 g/mol. The number of hydrogen-bond acceptors (Lipinski definition) is 6. The first-order valence-corrected chi connectivity index (χ1v) is 8.86. The Kier molecular flexibility index (Phi) is 4.26. The molecule has 5 atom stereocenters. The summed E-state index contributed by atoms with van der Waals surface area (Å²) in [5.74, 6) is -1.57.